The molecule has 16 heteroatoms. The lowest BCUT2D eigenvalue weighted by Gasteiger charge is -2.12. The second-order valence-electron chi connectivity index (χ2n) is 12.8. The van der Waals surface area contributed by atoms with Crippen molar-refractivity contribution in [3.63, 3.8) is 0 Å². The summed E-state index contributed by atoms with van der Waals surface area (Å²) >= 11 is 0. The van der Waals surface area contributed by atoms with Crippen molar-refractivity contribution in [2.45, 2.75) is 40.0 Å². The summed E-state index contributed by atoms with van der Waals surface area (Å²) in [5.74, 6) is 1.02. The first-order chi connectivity index (χ1) is 26.3. The first-order valence-corrected chi connectivity index (χ1v) is 17.4. The number of aromatic nitrogens is 8. The van der Waals surface area contributed by atoms with E-state index in [9.17, 15) is 19.2 Å². The highest BCUT2D eigenvalue weighted by Crippen LogP contribution is 2.28. The predicted molar refractivity (Wildman–Crippen MR) is 191 cm³/mol. The largest absolute Gasteiger partial charge is 1.00 e. The van der Waals surface area contributed by atoms with Gasteiger partial charge in [0, 0.05) is 75.1 Å². The van der Waals surface area contributed by atoms with Crippen LogP contribution < -0.4 is 33.9 Å². The molecular weight excluding hydrogens is 759 g/mol. The number of halogens is 2. The third kappa shape index (κ3) is 7.43. The van der Waals surface area contributed by atoms with E-state index in [4.69, 9.17) is 9.47 Å². The predicted octanol–water partition coefficient (Wildman–Crippen LogP) is -3.30. The van der Waals surface area contributed by atoms with Crippen LogP contribution in [-0.2, 0) is 35.7 Å². The summed E-state index contributed by atoms with van der Waals surface area (Å²) in [6.45, 7) is 6.38. The Morgan fingerprint density at radius 2 is 0.911 bits per heavy atom. The van der Waals surface area contributed by atoms with E-state index >= 15 is 0 Å². The monoisotopic (exact) mass is 796 g/mol. The van der Waals surface area contributed by atoms with Crippen molar-refractivity contribution in [3.8, 4) is 0 Å². The van der Waals surface area contributed by atoms with Gasteiger partial charge in [-0.25, -0.2) is 18.3 Å². The second kappa shape index (κ2) is 17.8. The number of benzene rings is 2. The maximum Gasteiger partial charge on any atom is 0.254 e. The molecule has 0 saturated heterocycles. The molecule has 4 aromatic heterocycles. The zero-order chi connectivity index (χ0) is 37.9. The van der Waals surface area contributed by atoms with Gasteiger partial charge in [0.1, 0.15) is 37.6 Å². The number of hydrogen-bond donors (Lipinski definition) is 0. The molecule has 8 rings (SSSR count). The van der Waals surface area contributed by atoms with Crippen molar-refractivity contribution in [2.24, 2.45) is 0 Å². The maximum atomic E-state index is 13.3. The van der Waals surface area contributed by atoms with Crippen molar-refractivity contribution in [3.05, 3.63) is 154 Å². The lowest BCUT2D eigenvalue weighted by molar-refractivity contribution is -0.696. The average molecular weight is 798 g/mol. The first-order valence-electron chi connectivity index (χ1n) is 17.4. The van der Waals surface area contributed by atoms with Gasteiger partial charge in [-0.3, -0.25) is 39.1 Å². The SMILES string of the molecule is COCCn1c2c([n+](Cc3cnccn3)c1C)C(=O)c1ccccc1C2=O.COCCn1c2c([n+](Cc3cnccn3)c1C)C(=O)c1ccccc1C2=O.[Cl-].[Cl-]. The number of imidazole rings is 2. The zero-order valence-electron chi connectivity index (χ0n) is 31.1. The molecule has 0 N–H and O–H groups in total. The lowest BCUT2D eigenvalue weighted by Crippen LogP contribution is -3.00. The third-order valence-electron chi connectivity index (χ3n) is 9.70. The number of ketones is 4. The lowest BCUT2D eigenvalue weighted by atomic mass is 9.90. The molecule has 4 heterocycles. The van der Waals surface area contributed by atoms with Crippen LogP contribution in [0.3, 0.4) is 0 Å². The van der Waals surface area contributed by atoms with Gasteiger partial charge in [-0.15, -0.1) is 0 Å². The molecular formula is C40H38Cl2N8O6. The molecule has 0 atom stereocenters. The number of nitrogens with zero attached hydrogens (tertiary/aromatic N) is 8. The summed E-state index contributed by atoms with van der Waals surface area (Å²) in [5, 5.41) is 0. The van der Waals surface area contributed by atoms with E-state index in [1.807, 2.05) is 32.1 Å². The Balaban J connectivity index is 0.000000207. The molecule has 0 bridgehead atoms. The Hall–Kier alpha value is -5.80. The summed E-state index contributed by atoms with van der Waals surface area (Å²) in [6, 6.07) is 13.9. The van der Waals surface area contributed by atoms with Gasteiger partial charge in [0.05, 0.1) is 25.6 Å². The van der Waals surface area contributed by atoms with Crippen LogP contribution in [0.2, 0.25) is 0 Å². The van der Waals surface area contributed by atoms with E-state index in [0.29, 0.717) is 84.4 Å². The van der Waals surface area contributed by atoms with Gasteiger partial charge in [0.25, 0.3) is 11.6 Å². The van der Waals surface area contributed by atoms with Crippen molar-refractivity contribution >= 4 is 23.1 Å². The molecule has 0 spiro atoms. The molecule has 2 aliphatic rings. The van der Waals surface area contributed by atoms with Crippen LogP contribution in [0.15, 0.2) is 85.7 Å². The normalized spacial score (nSPS) is 12.4. The highest BCUT2D eigenvalue weighted by atomic mass is 35.5. The number of carbonyl (C=O) groups is 4. The molecule has 0 saturated carbocycles. The highest BCUT2D eigenvalue weighted by molar-refractivity contribution is 6.27. The molecule has 0 fully saturated rings. The molecule has 288 valence electrons. The molecule has 14 nitrogen and oxygen atoms in total. The van der Waals surface area contributed by atoms with Crippen molar-refractivity contribution in [2.75, 3.05) is 27.4 Å². The van der Waals surface area contributed by atoms with Crippen molar-refractivity contribution in [1.82, 2.24) is 29.1 Å². The topological polar surface area (TPSA) is 156 Å². The van der Waals surface area contributed by atoms with E-state index in [1.54, 1.807) is 99.9 Å². The summed E-state index contributed by atoms with van der Waals surface area (Å²) < 4.78 is 17.8. The van der Waals surface area contributed by atoms with Crippen molar-refractivity contribution in [1.29, 1.82) is 0 Å². The third-order valence-corrected chi connectivity index (χ3v) is 9.70. The summed E-state index contributed by atoms with van der Waals surface area (Å²) in [5.41, 5.74) is 4.83. The van der Waals surface area contributed by atoms with Crippen LogP contribution in [0.1, 0.15) is 87.2 Å². The molecule has 0 aliphatic heterocycles. The number of carbonyl (C=O) groups excluding carboxylic acids is 4. The summed E-state index contributed by atoms with van der Waals surface area (Å²) in [6.07, 6.45) is 9.75. The summed E-state index contributed by atoms with van der Waals surface area (Å²) in [7, 11) is 3.22. The van der Waals surface area contributed by atoms with Gasteiger partial charge in [-0.05, 0) is 0 Å². The fraction of sp³-hybridized carbons (Fsp3) is 0.250. The van der Waals surface area contributed by atoms with Crippen LogP contribution in [0.5, 0.6) is 0 Å². The van der Waals surface area contributed by atoms with E-state index in [1.165, 1.54) is 0 Å². The second-order valence-corrected chi connectivity index (χ2v) is 12.8. The van der Waals surface area contributed by atoms with E-state index in [0.717, 1.165) is 23.0 Å². The Bertz CT molecular complexity index is 2260. The Morgan fingerprint density at radius 3 is 1.23 bits per heavy atom. The van der Waals surface area contributed by atoms with Crippen LogP contribution in [0.25, 0.3) is 0 Å². The van der Waals surface area contributed by atoms with Crippen LogP contribution in [0.4, 0.5) is 0 Å². The first kappa shape index (κ1) is 41.4. The number of hydrogen-bond acceptors (Lipinski definition) is 10. The minimum absolute atomic E-state index is 0. The highest BCUT2D eigenvalue weighted by Gasteiger charge is 2.44. The standard InChI is InChI=1S/2C20H19N4O3.2ClH/c2*1-13-23(9-10-27-2)17-18(24(13)12-14-11-21-7-8-22-14)20(26)16-6-4-3-5-15(16)19(17)25;;/h2*3-8,11H,9-10,12H2,1-2H3;2*1H/q2*+1;;/p-2. The minimum Gasteiger partial charge on any atom is -1.00 e. The molecule has 2 aromatic carbocycles. The summed E-state index contributed by atoms with van der Waals surface area (Å²) in [4.78, 5) is 69.7. The fourth-order valence-corrected chi connectivity index (χ4v) is 7.09. The van der Waals surface area contributed by atoms with Crippen LogP contribution in [0, 0.1) is 13.8 Å². The van der Waals surface area contributed by atoms with Crippen LogP contribution >= 0.6 is 0 Å². The fourth-order valence-electron chi connectivity index (χ4n) is 7.09. The maximum absolute atomic E-state index is 13.3. The molecule has 6 aromatic rings. The molecule has 56 heavy (non-hydrogen) atoms. The van der Waals surface area contributed by atoms with Gasteiger partial charge >= 0.3 is 0 Å². The Morgan fingerprint density at radius 1 is 0.554 bits per heavy atom. The number of ether oxygens (including phenoxy) is 2. The quantitative estimate of drug-likeness (QED) is 0.129. The zero-order valence-corrected chi connectivity index (χ0v) is 32.6. The van der Waals surface area contributed by atoms with Crippen molar-refractivity contribution < 1.29 is 62.6 Å². The number of methoxy groups -OCH3 is 2. The van der Waals surface area contributed by atoms with Gasteiger partial charge in [0.15, 0.2) is 0 Å². The number of fused-ring (bicyclic) bond motifs is 4. The van der Waals surface area contributed by atoms with E-state index in [2.05, 4.69) is 19.9 Å². The van der Waals surface area contributed by atoms with Gasteiger partial charge in [-0.1, -0.05) is 48.5 Å². The number of rotatable bonds is 10. The Labute approximate surface area is 335 Å². The Kier molecular flexibility index (Phi) is 13.1. The van der Waals surface area contributed by atoms with E-state index in [-0.39, 0.29) is 47.9 Å². The molecule has 0 radical (unpaired) electrons. The molecule has 0 unspecified atom stereocenters. The molecule has 2 aliphatic carbocycles. The molecule has 0 amide bonds. The van der Waals surface area contributed by atoms with Crippen LogP contribution in [-0.4, -0.2) is 79.6 Å². The average Bonchev–Trinajstić information content (AvgIpc) is 3.64. The van der Waals surface area contributed by atoms with Gasteiger partial charge < -0.3 is 34.3 Å². The van der Waals surface area contributed by atoms with E-state index < -0.39 is 0 Å². The minimum atomic E-state index is -0.150. The van der Waals surface area contributed by atoms with Gasteiger partial charge in [-0.2, -0.15) is 0 Å². The smallest absolute Gasteiger partial charge is 0.254 e. The van der Waals surface area contributed by atoms with Gasteiger partial charge in [0.2, 0.25) is 45.9 Å².